The molecule has 0 fully saturated rings. The summed E-state index contributed by atoms with van der Waals surface area (Å²) < 4.78 is 2.70. The second kappa shape index (κ2) is 5.72. The maximum atomic E-state index is 13.2. The van der Waals surface area contributed by atoms with Gasteiger partial charge in [0.25, 0.3) is 5.91 Å². The molecule has 1 aliphatic heterocycles. The molecule has 4 rings (SSSR count). The number of para-hydroxylation sites is 1. The molecule has 1 aliphatic rings. The molecule has 3 aromatic rings. The van der Waals surface area contributed by atoms with Crippen LogP contribution in [0.2, 0.25) is 0 Å². The summed E-state index contributed by atoms with van der Waals surface area (Å²) in [5.41, 5.74) is 3.87. The van der Waals surface area contributed by atoms with Gasteiger partial charge < -0.3 is 10.0 Å². The number of hydrogen-bond acceptors (Lipinski definition) is 3. The molecule has 6 heteroatoms. The van der Waals surface area contributed by atoms with Crippen molar-refractivity contribution in [2.45, 2.75) is 12.8 Å². The van der Waals surface area contributed by atoms with Crippen LogP contribution in [-0.2, 0) is 0 Å². The summed E-state index contributed by atoms with van der Waals surface area (Å²) >= 11 is 3.45. The molecule has 0 radical (unpaired) electrons. The summed E-state index contributed by atoms with van der Waals surface area (Å²) in [6, 6.07) is 11.5. The highest BCUT2D eigenvalue weighted by atomic mass is 79.9. The highest BCUT2D eigenvalue weighted by molar-refractivity contribution is 9.10. The van der Waals surface area contributed by atoms with E-state index in [1.165, 1.54) is 0 Å². The van der Waals surface area contributed by atoms with Crippen LogP contribution in [0.5, 0.6) is 0 Å². The van der Waals surface area contributed by atoms with E-state index < -0.39 is 0 Å². The third-order valence-corrected chi connectivity index (χ3v) is 4.96. The van der Waals surface area contributed by atoms with Crippen LogP contribution < -0.4 is 4.90 Å². The molecule has 0 aliphatic carbocycles. The number of halogens is 1. The molecule has 1 unspecified atom stereocenters. The lowest BCUT2D eigenvalue weighted by Gasteiger charge is -2.18. The van der Waals surface area contributed by atoms with Gasteiger partial charge in [0.05, 0.1) is 12.3 Å². The highest BCUT2D eigenvalue weighted by Crippen LogP contribution is 2.37. The number of imidazole rings is 1. The Morgan fingerprint density at radius 3 is 2.92 bits per heavy atom. The SMILES string of the molecule is Cc1nc2ccc(Br)cn2c1C(=O)N1CC(CO)c2ccccc21. The van der Waals surface area contributed by atoms with E-state index in [9.17, 15) is 9.90 Å². The minimum absolute atomic E-state index is 0.0263. The van der Waals surface area contributed by atoms with Crippen molar-refractivity contribution in [3.05, 3.63) is 64.0 Å². The zero-order chi connectivity index (χ0) is 16.8. The van der Waals surface area contributed by atoms with Gasteiger partial charge in [-0.2, -0.15) is 0 Å². The standard InChI is InChI=1S/C18H16BrN3O2/c1-11-17(22-9-13(19)6-7-16(22)20-11)18(24)21-8-12(10-23)14-4-2-3-5-15(14)21/h2-7,9,12,23H,8,10H2,1H3. The second-order valence-corrected chi connectivity index (χ2v) is 6.89. The first-order chi connectivity index (χ1) is 11.6. The predicted molar refractivity (Wildman–Crippen MR) is 95.6 cm³/mol. The number of rotatable bonds is 2. The molecular weight excluding hydrogens is 370 g/mol. The number of aliphatic hydroxyl groups is 1. The van der Waals surface area contributed by atoms with Crippen LogP contribution in [0, 0.1) is 6.92 Å². The lowest BCUT2D eigenvalue weighted by atomic mass is 10.0. The Morgan fingerprint density at radius 2 is 2.12 bits per heavy atom. The van der Waals surface area contributed by atoms with E-state index in [0.29, 0.717) is 17.9 Å². The van der Waals surface area contributed by atoms with Gasteiger partial charge in [0, 0.05) is 28.8 Å². The molecule has 5 nitrogen and oxygen atoms in total. The Balaban J connectivity index is 1.83. The third-order valence-electron chi connectivity index (χ3n) is 4.50. The summed E-state index contributed by atoms with van der Waals surface area (Å²) in [5, 5.41) is 9.64. The first kappa shape index (κ1) is 15.4. The average Bonchev–Trinajstić information content (AvgIpc) is 3.11. The number of carbonyl (C=O) groups is 1. The average molecular weight is 386 g/mol. The van der Waals surface area contributed by atoms with Crippen molar-refractivity contribution in [1.29, 1.82) is 0 Å². The number of carbonyl (C=O) groups excluding carboxylic acids is 1. The van der Waals surface area contributed by atoms with Crippen molar-refractivity contribution < 1.29 is 9.90 Å². The molecule has 24 heavy (non-hydrogen) atoms. The van der Waals surface area contributed by atoms with Crippen molar-refractivity contribution >= 4 is 33.2 Å². The van der Waals surface area contributed by atoms with E-state index in [2.05, 4.69) is 20.9 Å². The van der Waals surface area contributed by atoms with Crippen LogP contribution in [0.3, 0.4) is 0 Å². The molecule has 1 amide bonds. The molecule has 1 N–H and O–H groups in total. The summed E-state index contributed by atoms with van der Waals surface area (Å²) in [6.45, 7) is 2.35. The molecule has 0 spiro atoms. The van der Waals surface area contributed by atoms with Gasteiger partial charge in [0.1, 0.15) is 11.3 Å². The lowest BCUT2D eigenvalue weighted by molar-refractivity contribution is 0.0980. The quantitative estimate of drug-likeness (QED) is 0.736. The van der Waals surface area contributed by atoms with Crippen LogP contribution in [0.15, 0.2) is 47.1 Å². The zero-order valence-electron chi connectivity index (χ0n) is 13.1. The van der Waals surface area contributed by atoms with Gasteiger partial charge in [-0.05, 0) is 46.6 Å². The number of pyridine rings is 1. The Bertz CT molecular complexity index is 951. The number of aromatic nitrogens is 2. The zero-order valence-corrected chi connectivity index (χ0v) is 14.7. The van der Waals surface area contributed by atoms with Crippen molar-refractivity contribution in [1.82, 2.24) is 9.38 Å². The fourth-order valence-corrected chi connectivity index (χ4v) is 3.70. The molecule has 2 aromatic heterocycles. The number of aliphatic hydroxyl groups excluding tert-OH is 1. The van der Waals surface area contributed by atoms with E-state index >= 15 is 0 Å². The summed E-state index contributed by atoms with van der Waals surface area (Å²) in [7, 11) is 0. The normalized spacial score (nSPS) is 16.6. The van der Waals surface area contributed by atoms with E-state index in [1.54, 1.807) is 4.90 Å². The molecular formula is C18H16BrN3O2. The predicted octanol–water partition coefficient (Wildman–Crippen LogP) is 3.14. The Morgan fingerprint density at radius 1 is 1.33 bits per heavy atom. The fraction of sp³-hybridized carbons (Fsp3) is 0.222. The van der Waals surface area contributed by atoms with Gasteiger partial charge in [-0.1, -0.05) is 18.2 Å². The number of amides is 1. The van der Waals surface area contributed by atoms with Crippen LogP contribution >= 0.6 is 15.9 Å². The Hall–Kier alpha value is -2.18. The van der Waals surface area contributed by atoms with E-state index in [-0.39, 0.29) is 18.4 Å². The lowest BCUT2D eigenvalue weighted by Crippen LogP contribution is -2.31. The first-order valence-corrected chi connectivity index (χ1v) is 8.55. The van der Waals surface area contributed by atoms with E-state index in [4.69, 9.17) is 0 Å². The van der Waals surface area contributed by atoms with E-state index in [0.717, 1.165) is 21.4 Å². The number of fused-ring (bicyclic) bond motifs is 2. The smallest absolute Gasteiger partial charge is 0.277 e. The van der Waals surface area contributed by atoms with Crippen LogP contribution in [0.4, 0.5) is 5.69 Å². The van der Waals surface area contributed by atoms with Crippen LogP contribution in [0.1, 0.15) is 27.7 Å². The largest absolute Gasteiger partial charge is 0.396 e. The van der Waals surface area contributed by atoms with Crippen molar-refractivity contribution in [3.63, 3.8) is 0 Å². The monoisotopic (exact) mass is 385 g/mol. The molecule has 0 saturated carbocycles. The number of anilines is 1. The van der Waals surface area contributed by atoms with Gasteiger partial charge in [-0.3, -0.25) is 9.20 Å². The number of benzene rings is 1. The van der Waals surface area contributed by atoms with Crippen molar-refractivity contribution in [2.75, 3.05) is 18.1 Å². The summed E-state index contributed by atoms with van der Waals surface area (Å²) in [4.78, 5) is 19.5. The topological polar surface area (TPSA) is 57.8 Å². The molecule has 1 atom stereocenters. The van der Waals surface area contributed by atoms with Crippen molar-refractivity contribution in [2.24, 2.45) is 0 Å². The summed E-state index contributed by atoms with van der Waals surface area (Å²) in [6.07, 6.45) is 1.86. The first-order valence-electron chi connectivity index (χ1n) is 7.76. The van der Waals surface area contributed by atoms with Gasteiger partial charge in [0.15, 0.2) is 0 Å². The maximum absolute atomic E-state index is 13.2. The van der Waals surface area contributed by atoms with Gasteiger partial charge in [-0.15, -0.1) is 0 Å². The molecule has 0 bridgehead atoms. The number of hydrogen-bond donors (Lipinski definition) is 1. The van der Waals surface area contributed by atoms with Gasteiger partial charge in [0.2, 0.25) is 0 Å². The summed E-state index contributed by atoms with van der Waals surface area (Å²) in [5.74, 6) is -0.141. The van der Waals surface area contributed by atoms with Gasteiger partial charge in [-0.25, -0.2) is 4.98 Å². The second-order valence-electron chi connectivity index (χ2n) is 5.98. The van der Waals surface area contributed by atoms with Gasteiger partial charge >= 0.3 is 0 Å². The molecule has 1 aromatic carbocycles. The van der Waals surface area contributed by atoms with Crippen LogP contribution in [0.25, 0.3) is 5.65 Å². The van der Waals surface area contributed by atoms with Crippen LogP contribution in [-0.4, -0.2) is 33.6 Å². The number of aryl methyl sites for hydroxylation is 1. The Kier molecular flexibility index (Phi) is 3.66. The molecule has 3 heterocycles. The highest BCUT2D eigenvalue weighted by Gasteiger charge is 2.34. The minimum atomic E-state index is -0.0958. The maximum Gasteiger partial charge on any atom is 0.277 e. The molecule has 0 saturated heterocycles. The van der Waals surface area contributed by atoms with Crippen molar-refractivity contribution in [3.8, 4) is 0 Å². The van der Waals surface area contributed by atoms with E-state index in [1.807, 2.05) is 53.9 Å². The molecule has 122 valence electrons. The number of nitrogens with zero attached hydrogens (tertiary/aromatic N) is 3. The fourth-order valence-electron chi connectivity index (χ4n) is 3.37. The minimum Gasteiger partial charge on any atom is -0.396 e. The third kappa shape index (κ3) is 2.25. The Labute approximate surface area is 147 Å².